The van der Waals surface area contributed by atoms with E-state index >= 15 is 0 Å². The van der Waals surface area contributed by atoms with Crippen molar-refractivity contribution in [3.63, 3.8) is 0 Å². The van der Waals surface area contributed by atoms with E-state index in [2.05, 4.69) is 4.72 Å². The molecule has 0 amide bonds. The lowest BCUT2D eigenvalue weighted by Crippen LogP contribution is -2.36. The largest absolute Gasteiger partial charge is 0.546 e. The minimum absolute atomic E-state index is 0.00642. The minimum Gasteiger partial charge on any atom is -0.546 e. The van der Waals surface area contributed by atoms with Crippen LogP contribution in [0.2, 0.25) is 0 Å². The third-order valence-corrected chi connectivity index (χ3v) is 5.25. The van der Waals surface area contributed by atoms with Gasteiger partial charge in [-0.1, -0.05) is 19.3 Å². The Morgan fingerprint density at radius 2 is 2.00 bits per heavy atom. The molecule has 1 aliphatic rings. The number of ether oxygens (including phenoxy) is 1. The Hall–Kier alpha value is -1.60. The lowest BCUT2D eigenvalue weighted by atomic mass is 9.96. The highest BCUT2D eigenvalue weighted by molar-refractivity contribution is 7.89. The molecule has 0 saturated heterocycles. The highest BCUT2D eigenvalue weighted by Crippen LogP contribution is 2.24. The van der Waals surface area contributed by atoms with E-state index in [-0.39, 0.29) is 10.9 Å². The Morgan fingerprint density at radius 1 is 1.32 bits per heavy atom. The van der Waals surface area contributed by atoms with Crippen molar-refractivity contribution in [2.24, 2.45) is 0 Å². The number of aryl methyl sites for hydroxylation is 1. The number of carbonyl (C=O) groups excluding carboxylic acids is 1. The summed E-state index contributed by atoms with van der Waals surface area (Å²) in [4.78, 5) is 10.6. The van der Waals surface area contributed by atoms with Gasteiger partial charge >= 0.3 is 0 Å². The zero-order valence-electron chi connectivity index (χ0n) is 12.5. The fourth-order valence-corrected chi connectivity index (χ4v) is 3.99. The summed E-state index contributed by atoms with van der Waals surface area (Å²) in [5.41, 5.74) is 0.563. The van der Waals surface area contributed by atoms with Crippen LogP contribution in [0.4, 0.5) is 0 Å². The zero-order chi connectivity index (χ0) is 16.2. The van der Waals surface area contributed by atoms with E-state index in [4.69, 9.17) is 4.74 Å². The van der Waals surface area contributed by atoms with Crippen LogP contribution in [0.25, 0.3) is 0 Å². The van der Waals surface area contributed by atoms with Crippen LogP contribution in [0.15, 0.2) is 23.1 Å². The summed E-state index contributed by atoms with van der Waals surface area (Å²) in [5, 5.41) is 10.4. The Bertz CT molecular complexity index is 635. The summed E-state index contributed by atoms with van der Waals surface area (Å²) in [6.45, 7) is 1.11. The monoisotopic (exact) mass is 326 g/mol. The van der Waals surface area contributed by atoms with E-state index in [1.165, 1.54) is 18.2 Å². The number of rotatable bonds is 6. The maximum atomic E-state index is 12.4. The van der Waals surface area contributed by atoms with Gasteiger partial charge in [-0.15, -0.1) is 0 Å². The van der Waals surface area contributed by atoms with Gasteiger partial charge in [0, 0.05) is 6.04 Å². The first-order chi connectivity index (χ1) is 10.4. The minimum atomic E-state index is -3.56. The molecule has 0 radical (unpaired) electrons. The molecule has 1 aliphatic carbocycles. The number of benzene rings is 1. The van der Waals surface area contributed by atoms with Crippen molar-refractivity contribution >= 4 is 16.0 Å². The molecular formula is C15H20NO5S-. The molecule has 22 heavy (non-hydrogen) atoms. The second-order valence-corrected chi connectivity index (χ2v) is 7.26. The third-order valence-electron chi connectivity index (χ3n) is 3.73. The Kier molecular flexibility index (Phi) is 5.42. The quantitative estimate of drug-likeness (QED) is 0.831. The molecule has 0 atom stereocenters. The number of carbonyl (C=O) groups is 1. The second kappa shape index (κ2) is 7.11. The Morgan fingerprint density at radius 3 is 2.59 bits per heavy atom. The van der Waals surface area contributed by atoms with Gasteiger partial charge in [-0.3, -0.25) is 0 Å². The van der Waals surface area contributed by atoms with E-state index in [0.717, 1.165) is 32.1 Å². The SMILES string of the molecule is Cc1cc(S(=O)(=O)NC2CCCCC2)ccc1OCC(=O)[O-]. The van der Waals surface area contributed by atoms with Crippen LogP contribution in [0, 0.1) is 6.92 Å². The molecule has 6 nitrogen and oxygen atoms in total. The number of nitrogens with one attached hydrogen (secondary N) is 1. The molecule has 0 heterocycles. The lowest BCUT2D eigenvalue weighted by Gasteiger charge is -2.22. The van der Waals surface area contributed by atoms with Crippen molar-refractivity contribution < 1.29 is 23.1 Å². The topological polar surface area (TPSA) is 95.5 Å². The molecule has 0 aromatic heterocycles. The fraction of sp³-hybridized carbons (Fsp3) is 0.533. The lowest BCUT2D eigenvalue weighted by molar-refractivity contribution is -0.307. The summed E-state index contributed by atoms with van der Waals surface area (Å²) >= 11 is 0. The summed E-state index contributed by atoms with van der Waals surface area (Å²) in [5.74, 6) is -0.990. The molecule has 122 valence electrons. The number of hydrogen-bond donors (Lipinski definition) is 1. The van der Waals surface area contributed by atoms with Crippen molar-refractivity contribution in [1.82, 2.24) is 4.72 Å². The molecule has 0 spiro atoms. The van der Waals surface area contributed by atoms with Crippen LogP contribution < -0.4 is 14.6 Å². The van der Waals surface area contributed by atoms with Crippen LogP contribution in [0.1, 0.15) is 37.7 Å². The maximum absolute atomic E-state index is 12.4. The summed E-state index contributed by atoms with van der Waals surface area (Å²) in [6, 6.07) is 4.36. The smallest absolute Gasteiger partial charge is 0.240 e. The average molecular weight is 326 g/mol. The van der Waals surface area contributed by atoms with Crippen LogP contribution in [-0.4, -0.2) is 27.0 Å². The molecule has 0 unspecified atom stereocenters. The molecule has 7 heteroatoms. The first kappa shape index (κ1) is 16.8. The molecular weight excluding hydrogens is 306 g/mol. The van der Waals surface area contributed by atoms with Gasteiger partial charge in [-0.2, -0.15) is 0 Å². The number of sulfonamides is 1. The maximum Gasteiger partial charge on any atom is 0.240 e. The van der Waals surface area contributed by atoms with E-state index in [1.54, 1.807) is 6.92 Å². The van der Waals surface area contributed by atoms with Crippen LogP contribution in [0.3, 0.4) is 0 Å². The van der Waals surface area contributed by atoms with Crippen LogP contribution in [-0.2, 0) is 14.8 Å². The number of carboxylic acids is 1. The van der Waals surface area contributed by atoms with E-state index in [9.17, 15) is 18.3 Å². The van der Waals surface area contributed by atoms with Gasteiger partial charge in [0.25, 0.3) is 0 Å². The summed E-state index contributed by atoms with van der Waals surface area (Å²) in [6.07, 6.45) is 4.97. The number of carboxylic acid groups (broad SMARTS) is 1. The van der Waals surface area contributed by atoms with Gasteiger partial charge in [-0.25, -0.2) is 13.1 Å². The fourth-order valence-electron chi connectivity index (χ4n) is 2.60. The van der Waals surface area contributed by atoms with E-state index < -0.39 is 22.6 Å². The first-order valence-electron chi connectivity index (χ1n) is 7.34. The van der Waals surface area contributed by atoms with Crippen molar-refractivity contribution in [2.45, 2.75) is 50.0 Å². The molecule has 0 aliphatic heterocycles. The van der Waals surface area contributed by atoms with Gasteiger partial charge in [-0.05, 0) is 43.5 Å². The predicted octanol–water partition coefficient (Wildman–Crippen LogP) is 0.735. The molecule has 1 aromatic rings. The standard InChI is InChI=1S/C15H21NO5S/c1-11-9-13(7-8-14(11)21-10-15(17)18)22(19,20)16-12-5-3-2-4-6-12/h7-9,12,16H,2-6,10H2,1H3,(H,17,18)/p-1. The highest BCUT2D eigenvalue weighted by Gasteiger charge is 2.22. The van der Waals surface area contributed by atoms with Crippen LogP contribution >= 0.6 is 0 Å². The zero-order valence-corrected chi connectivity index (χ0v) is 13.3. The molecule has 1 aromatic carbocycles. The molecule has 1 N–H and O–H groups in total. The van der Waals surface area contributed by atoms with Crippen molar-refractivity contribution in [2.75, 3.05) is 6.61 Å². The number of hydrogen-bond acceptors (Lipinski definition) is 5. The van der Waals surface area contributed by atoms with Crippen molar-refractivity contribution in [1.29, 1.82) is 0 Å². The van der Waals surface area contributed by atoms with E-state index in [1.807, 2.05) is 0 Å². The number of aliphatic carboxylic acids is 1. The van der Waals surface area contributed by atoms with Gasteiger partial charge < -0.3 is 14.6 Å². The van der Waals surface area contributed by atoms with Gasteiger partial charge in [0.1, 0.15) is 12.4 Å². The normalized spacial score (nSPS) is 16.4. The Balaban J connectivity index is 2.10. The van der Waals surface area contributed by atoms with Gasteiger partial charge in [0.2, 0.25) is 10.0 Å². The average Bonchev–Trinajstić information content (AvgIpc) is 2.46. The van der Waals surface area contributed by atoms with Crippen molar-refractivity contribution in [3.05, 3.63) is 23.8 Å². The molecule has 1 saturated carbocycles. The molecule has 1 fully saturated rings. The first-order valence-corrected chi connectivity index (χ1v) is 8.82. The summed E-state index contributed by atoms with van der Waals surface area (Å²) < 4.78 is 32.5. The predicted molar refractivity (Wildman–Crippen MR) is 78.9 cm³/mol. The molecule has 2 rings (SSSR count). The van der Waals surface area contributed by atoms with E-state index in [0.29, 0.717) is 11.3 Å². The van der Waals surface area contributed by atoms with Crippen LogP contribution in [0.5, 0.6) is 5.75 Å². The summed E-state index contributed by atoms with van der Waals surface area (Å²) in [7, 11) is -3.56. The second-order valence-electron chi connectivity index (χ2n) is 5.54. The van der Waals surface area contributed by atoms with Gasteiger partial charge in [0.15, 0.2) is 0 Å². The Labute approximate surface area is 130 Å². The third kappa shape index (κ3) is 4.45. The highest BCUT2D eigenvalue weighted by atomic mass is 32.2. The van der Waals surface area contributed by atoms with Gasteiger partial charge in [0.05, 0.1) is 10.9 Å². The molecule has 0 bridgehead atoms. The van der Waals surface area contributed by atoms with Crippen molar-refractivity contribution in [3.8, 4) is 5.75 Å².